The van der Waals surface area contributed by atoms with Crippen LogP contribution in [0.3, 0.4) is 0 Å². The van der Waals surface area contributed by atoms with Gasteiger partial charge < -0.3 is 10.5 Å². The number of hydrogen-bond donors (Lipinski definition) is 2. The lowest BCUT2D eigenvalue weighted by atomic mass is 10.2. The Kier molecular flexibility index (Phi) is 7.44. The molecule has 0 saturated heterocycles. The van der Waals surface area contributed by atoms with Gasteiger partial charge in [-0.1, -0.05) is 0 Å². The van der Waals surface area contributed by atoms with E-state index >= 15 is 0 Å². The van der Waals surface area contributed by atoms with Crippen LogP contribution in [0.5, 0.6) is 0 Å². The fourth-order valence-corrected chi connectivity index (χ4v) is 1.71. The maximum absolute atomic E-state index is 11.3. The summed E-state index contributed by atoms with van der Waals surface area (Å²) in [6, 6.07) is 7.07. The zero-order chi connectivity index (χ0) is 17.5. The van der Waals surface area contributed by atoms with Crippen molar-refractivity contribution < 1.29 is 9.53 Å². The Morgan fingerprint density at radius 3 is 2.04 bits per heavy atom. The summed E-state index contributed by atoms with van der Waals surface area (Å²) in [6.45, 7) is 5.42. The van der Waals surface area contributed by atoms with Gasteiger partial charge in [-0.2, -0.15) is 0 Å². The third-order valence-electron chi connectivity index (χ3n) is 2.11. The van der Waals surface area contributed by atoms with Crippen molar-refractivity contribution in [2.24, 2.45) is 0 Å². The molecule has 0 saturated carbocycles. The molecule has 2 rings (SSSR count). The highest BCUT2D eigenvalue weighted by atomic mass is 79.9. The van der Waals surface area contributed by atoms with E-state index in [1.165, 1.54) is 0 Å². The predicted octanol–water partition coefficient (Wildman–Crippen LogP) is 4.62. The van der Waals surface area contributed by atoms with Gasteiger partial charge in [-0.3, -0.25) is 5.32 Å². The summed E-state index contributed by atoms with van der Waals surface area (Å²) < 4.78 is 6.88. The van der Waals surface area contributed by atoms with Gasteiger partial charge in [0.25, 0.3) is 0 Å². The number of hydrogen-bond acceptors (Lipinski definition) is 5. The van der Waals surface area contributed by atoms with Crippen LogP contribution < -0.4 is 11.1 Å². The lowest BCUT2D eigenvalue weighted by Gasteiger charge is -2.19. The van der Waals surface area contributed by atoms with Crippen molar-refractivity contribution in [2.75, 3.05) is 11.1 Å². The van der Waals surface area contributed by atoms with Crippen LogP contribution >= 0.6 is 31.9 Å². The predicted molar refractivity (Wildman–Crippen MR) is 98.1 cm³/mol. The normalized spacial score (nSPS) is 10.3. The minimum atomic E-state index is -0.502. The minimum Gasteiger partial charge on any atom is -0.444 e. The smallest absolute Gasteiger partial charge is 0.413 e. The Labute approximate surface area is 152 Å². The van der Waals surface area contributed by atoms with E-state index in [-0.39, 0.29) is 0 Å². The largest absolute Gasteiger partial charge is 0.444 e. The summed E-state index contributed by atoms with van der Waals surface area (Å²) in [7, 11) is 0. The van der Waals surface area contributed by atoms with Crippen molar-refractivity contribution in [3.8, 4) is 0 Å². The fraction of sp³-hybridized carbons (Fsp3) is 0.267. The molecular weight excluding hydrogens is 428 g/mol. The van der Waals surface area contributed by atoms with Gasteiger partial charge in [0.1, 0.15) is 17.2 Å². The molecule has 23 heavy (non-hydrogen) atoms. The van der Waals surface area contributed by atoms with Gasteiger partial charge in [0.2, 0.25) is 0 Å². The number of halogens is 2. The summed E-state index contributed by atoms with van der Waals surface area (Å²) in [5, 5.41) is 2.53. The second-order valence-corrected chi connectivity index (χ2v) is 7.22. The number of pyridine rings is 2. The standard InChI is InChI=1S/C10H13BrN2O2.C5H5BrN2/c1-10(2,3)15-9(14)13-8-5-4-7(11)6-12-8;6-4-1-2-5(7)8-3-4/h4-6H,1-3H3,(H,12,13,14);1-3H,(H2,7,8). The average molecular weight is 446 g/mol. The van der Waals surface area contributed by atoms with Gasteiger partial charge in [-0.25, -0.2) is 14.8 Å². The molecule has 3 N–H and O–H groups in total. The monoisotopic (exact) mass is 444 g/mol. The van der Waals surface area contributed by atoms with Crippen molar-refractivity contribution in [1.82, 2.24) is 9.97 Å². The molecule has 2 heterocycles. The summed E-state index contributed by atoms with van der Waals surface area (Å²) in [5.41, 5.74) is 4.79. The van der Waals surface area contributed by atoms with Crippen LogP contribution in [-0.2, 0) is 4.74 Å². The molecule has 0 radical (unpaired) electrons. The third kappa shape index (κ3) is 9.14. The molecule has 0 aliphatic carbocycles. The minimum absolute atomic E-state index is 0.465. The van der Waals surface area contributed by atoms with E-state index in [0.717, 1.165) is 8.95 Å². The molecule has 8 heteroatoms. The number of ether oxygens (including phenoxy) is 1. The first-order valence-corrected chi connectivity index (χ1v) is 8.23. The molecule has 0 fully saturated rings. The molecule has 6 nitrogen and oxygen atoms in total. The SMILES string of the molecule is CC(C)(C)OC(=O)Nc1ccc(Br)cn1.Nc1ccc(Br)cn1. The van der Waals surface area contributed by atoms with Crippen LogP contribution in [0.25, 0.3) is 0 Å². The van der Waals surface area contributed by atoms with E-state index in [0.29, 0.717) is 11.6 Å². The summed E-state index contributed by atoms with van der Waals surface area (Å²) in [5.74, 6) is 1.01. The molecule has 124 valence electrons. The number of amides is 1. The van der Waals surface area contributed by atoms with Gasteiger partial charge >= 0.3 is 6.09 Å². The molecular formula is C15H18Br2N4O2. The number of aromatic nitrogens is 2. The van der Waals surface area contributed by atoms with E-state index < -0.39 is 11.7 Å². The van der Waals surface area contributed by atoms with Crippen LogP contribution in [0.1, 0.15) is 20.8 Å². The van der Waals surface area contributed by atoms with Gasteiger partial charge in [-0.05, 0) is 76.9 Å². The highest BCUT2D eigenvalue weighted by Crippen LogP contribution is 2.12. The molecule has 0 spiro atoms. The Bertz CT molecular complexity index is 604. The second kappa shape index (κ2) is 8.83. The summed E-state index contributed by atoms with van der Waals surface area (Å²) >= 11 is 6.48. The molecule has 2 aromatic rings. The molecule has 0 unspecified atom stereocenters. The van der Waals surface area contributed by atoms with Crippen LogP contribution in [0.4, 0.5) is 16.4 Å². The Morgan fingerprint density at radius 1 is 1.09 bits per heavy atom. The number of nitrogens with one attached hydrogen (secondary N) is 1. The van der Waals surface area contributed by atoms with Crippen molar-refractivity contribution in [3.05, 3.63) is 45.6 Å². The average Bonchev–Trinajstić information content (AvgIpc) is 2.43. The second-order valence-electron chi connectivity index (χ2n) is 5.39. The van der Waals surface area contributed by atoms with E-state index in [1.807, 2.05) is 26.8 Å². The van der Waals surface area contributed by atoms with Crippen molar-refractivity contribution in [3.63, 3.8) is 0 Å². The topological polar surface area (TPSA) is 90.1 Å². The molecule has 0 atom stereocenters. The quantitative estimate of drug-likeness (QED) is 0.668. The van der Waals surface area contributed by atoms with E-state index in [4.69, 9.17) is 10.5 Å². The first-order valence-electron chi connectivity index (χ1n) is 6.64. The van der Waals surface area contributed by atoms with Crippen LogP contribution in [0.2, 0.25) is 0 Å². The number of rotatable bonds is 1. The Hall–Kier alpha value is -1.67. The number of carbonyl (C=O) groups excluding carboxylic acids is 1. The zero-order valence-corrected chi connectivity index (χ0v) is 16.2. The van der Waals surface area contributed by atoms with Crippen molar-refractivity contribution >= 4 is 49.6 Å². The first kappa shape index (κ1) is 19.4. The van der Waals surface area contributed by atoms with Gasteiger partial charge in [0.05, 0.1) is 0 Å². The molecule has 1 amide bonds. The first-order chi connectivity index (χ1) is 10.7. The molecule has 0 aliphatic rings. The lowest BCUT2D eigenvalue weighted by molar-refractivity contribution is 0.0635. The highest BCUT2D eigenvalue weighted by molar-refractivity contribution is 9.10. The van der Waals surface area contributed by atoms with Gasteiger partial charge in [-0.15, -0.1) is 0 Å². The summed E-state index contributed by atoms with van der Waals surface area (Å²) in [6.07, 6.45) is 2.76. The summed E-state index contributed by atoms with van der Waals surface area (Å²) in [4.78, 5) is 19.1. The fourth-order valence-electron chi connectivity index (χ4n) is 1.25. The van der Waals surface area contributed by atoms with Crippen LogP contribution in [0, 0.1) is 0 Å². The molecule has 0 bridgehead atoms. The van der Waals surface area contributed by atoms with E-state index in [1.54, 1.807) is 30.6 Å². The van der Waals surface area contributed by atoms with Crippen molar-refractivity contribution in [2.45, 2.75) is 26.4 Å². The molecule has 0 aliphatic heterocycles. The van der Waals surface area contributed by atoms with Crippen molar-refractivity contribution in [1.29, 1.82) is 0 Å². The number of nitrogens with zero attached hydrogens (tertiary/aromatic N) is 2. The maximum atomic E-state index is 11.3. The van der Waals surface area contributed by atoms with E-state index in [2.05, 4.69) is 47.1 Å². The van der Waals surface area contributed by atoms with Gasteiger partial charge in [0, 0.05) is 21.3 Å². The van der Waals surface area contributed by atoms with Gasteiger partial charge in [0.15, 0.2) is 0 Å². The lowest BCUT2D eigenvalue weighted by Crippen LogP contribution is -2.27. The Morgan fingerprint density at radius 2 is 1.65 bits per heavy atom. The maximum Gasteiger partial charge on any atom is 0.413 e. The third-order valence-corrected chi connectivity index (χ3v) is 3.04. The van der Waals surface area contributed by atoms with E-state index in [9.17, 15) is 4.79 Å². The number of anilines is 2. The van der Waals surface area contributed by atoms with Crippen LogP contribution in [-0.4, -0.2) is 21.7 Å². The number of nitrogen functional groups attached to an aromatic ring is 1. The highest BCUT2D eigenvalue weighted by Gasteiger charge is 2.16. The molecule has 2 aromatic heterocycles. The number of nitrogens with two attached hydrogens (primary N) is 1. The Balaban J connectivity index is 0.000000277. The van der Waals surface area contributed by atoms with Crippen LogP contribution in [0.15, 0.2) is 45.6 Å². The molecule has 0 aromatic carbocycles. The zero-order valence-electron chi connectivity index (χ0n) is 13.0. The number of carbonyl (C=O) groups is 1.